The fourth-order valence-corrected chi connectivity index (χ4v) is 1.74. The Morgan fingerprint density at radius 2 is 2.20 bits per heavy atom. The van der Waals surface area contributed by atoms with Crippen LogP contribution in [0.3, 0.4) is 0 Å². The predicted octanol–water partition coefficient (Wildman–Crippen LogP) is 2.63. The lowest BCUT2D eigenvalue weighted by atomic mass is 10.1. The van der Waals surface area contributed by atoms with Crippen molar-refractivity contribution >= 4 is 17.6 Å². The number of anilines is 2. The molecule has 0 saturated heterocycles. The lowest BCUT2D eigenvalue weighted by molar-refractivity contribution is 0.0696. The maximum absolute atomic E-state index is 10.9. The highest BCUT2D eigenvalue weighted by atomic mass is 16.5. The number of benzene rings is 1. The SMILES string of the molecule is CCOc1ccnc(Nc2ccc(C(=O)O)c(C)c2)n1. The Labute approximate surface area is 116 Å². The second-order valence-corrected chi connectivity index (χ2v) is 4.11. The number of ether oxygens (including phenoxy) is 1. The van der Waals surface area contributed by atoms with E-state index in [0.29, 0.717) is 24.0 Å². The molecule has 0 unspecified atom stereocenters. The van der Waals surface area contributed by atoms with Gasteiger partial charge in [-0.15, -0.1) is 0 Å². The van der Waals surface area contributed by atoms with Crippen LogP contribution in [-0.4, -0.2) is 27.7 Å². The third kappa shape index (κ3) is 3.23. The van der Waals surface area contributed by atoms with E-state index in [1.54, 1.807) is 37.4 Å². The largest absolute Gasteiger partial charge is 0.478 e. The second kappa shape index (κ2) is 6.01. The first kappa shape index (κ1) is 13.8. The highest BCUT2D eigenvalue weighted by molar-refractivity contribution is 5.90. The molecule has 20 heavy (non-hydrogen) atoms. The van der Waals surface area contributed by atoms with E-state index in [2.05, 4.69) is 15.3 Å². The lowest BCUT2D eigenvalue weighted by Crippen LogP contribution is -2.03. The van der Waals surface area contributed by atoms with E-state index >= 15 is 0 Å². The van der Waals surface area contributed by atoms with Gasteiger partial charge >= 0.3 is 5.97 Å². The molecule has 0 aliphatic carbocycles. The van der Waals surface area contributed by atoms with E-state index < -0.39 is 5.97 Å². The summed E-state index contributed by atoms with van der Waals surface area (Å²) < 4.78 is 5.29. The number of hydrogen-bond acceptors (Lipinski definition) is 5. The van der Waals surface area contributed by atoms with Gasteiger partial charge in [0, 0.05) is 18.0 Å². The Hall–Kier alpha value is -2.63. The normalized spacial score (nSPS) is 10.1. The Kier molecular flexibility index (Phi) is 4.14. The summed E-state index contributed by atoms with van der Waals surface area (Å²) in [4.78, 5) is 19.2. The van der Waals surface area contributed by atoms with Crippen LogP contribution in [0.25, 0.3) is 0 Å². The van der Waals surface area contributed by atoms with Gasteiger partial charge in [0.15, 0.2) is 0 Å². The average molecular weight is 273 g/mol. The third-order valence-corrected chi connectivity index (χ3v) is 2.64. The van der Waals surface area contributed by atoms with Gasteiger partial charge in [0.1, 0.15) is 0 Å². The lowest BCUT2D eigenvalue weighted by Gasteiger charge is -2.08. The molecule has 6 nitrogen and oxygen atoms in total. The van der Waals surface area contributed by atoms with E-state index in [1.807, 2.05) is 6.92 Å². The number of nitrogens with one attached hydrogen (secondary N) is 1. The van der Waals surface area contributed by atoms with Gasteiger partial charge in [0.2, 0.25) is 11.8 Å². The van der Waals surface area contributed by atoms with E-state index in [-0.39, 0.29) is 5.56 Å². The van der Waals surface area contributed by atoms with Crippen LogP contribution in [-0.2, 0) is 0 Å². The van der Waals surface area contributed by atoms with Gasteiger partial charge in [-0.1, -0.05) is 0 Å². The summed E-state index contributed by atoms with van der Waals surface area (Å²) in [5.74, 6) is -0.0500. The molecule has 1 aromatic heterocycles. The minimum atomic E-state index is -0.941. The Morgan fingerprint density at radius 1 is 1.40 bits per heavy atom. The number of hydrogen-bond donors (Lipinski definition) is 2. The smallest absolute Gasteiger partial charge is 0.335 e. The van der Waals surface area contributed by atoms with E-state index in [9.17, 15) is 4.79 Å². The van der Waals surface area contributed by atoms with Gasteiger partial charge in [-0.25, -0.2) is 9.78 Å². The molecular formula is C14H15N3O3. The van der Waals surface area contributed by atoms with Crippen LogP contribution in [0.5, 0.6) is 5.88 Å². The highest BCUT2D eigenvalue weighted by Crippen LogP contribution is 2.19. The molecular weight excluding hydrogens is 258 g/mol. The van der Waals surface area contributed by atoms with Gasteiger partial charge in [-0.05, 0) is 37.6 Å². The Bertz CT molecular complexity index is 629. The molecule has 104 valence electrons. The molecule has 0 radical (unpaired) electrons. The van der Waals surface area contributed by atoms with Crippen LogP contribution >= 0.6 is 0 Å². The highest BCUT2D eigenvalue weighted by Gasteiger charge is 2.08. The maximum atomic E-state index is 10.9. The molecule has 0 spiro atoms. The van der Waals surface area contributed by atoms with Gasteiger partial charge in [0.25, 0.3) is 0 Å². The number of nitrogens with zero attached hydrogens (tertiary/aromatic N) is 2. The Balaban J connectivity index is 2.19. The zero-order valence-corrected chi connectivity index (χ0v) is 11.3. The molecule has 0 aliphatic rings. The third-order valence-electron chi connectivity index (χ3n) is 2.64. The minimum absolute atomic E-state index is 0.277. The fraction of sp³-hybridized carbons (Fsp3) is 0.214. The monoisotopic (exact) mass is 273 g/mol. The number of aromatic nitrogens is 2. The van der Waals surface area contributed by atoms with Crippen LogP contribution in [0.2, 0.25) is 0 Å². The van der Waals surface area contributed by atoms with Gasteiger partial charge in [-0.2, -0.15) is 4.98 Å². The van der Waals surface area contributed by atoms with E-state index in [4.69, 9.17) is 9.84 Å². The average Bonchev–Trinajstić information content (AvgIpc) is 2.39. The summed E-state index contributed by atoms with van der Waals surface area (Å²) in [5, 5.41) is 12.0. The second-order valence-electron chi connectivity index (χ2n) is 4.11. The van der Waals surface area contributed by atoms with Crippen LogP contribution in [0, 0.1) is 6.92 Å². The molecule has 0 saturated carbocycles. The zero-order valence-electron chi connectivity index (χ0n) is 11.3. The van der Waals surface area contributed by atoms with E-state index in [1.165, 1.54) is 0 Å². The van der Waals surface area contributed by atoms with Crippen LogP contribution < -0.4 is 10.1 Å². The van der Waals surface area contributed by atoms with Crippen molar-refractivity contribution < 1.29 is 14.6 Å². The first-order chi connectivity index (χ1) is 9.60. The topological polar surface area (TPSA) is 84.3 Å². The van der Waals surface area contributed by atoms with Crippen LogP contribution in [0.15, 0.2) is 30.5 Å². The molecule has 0 amide bonds. The van der Waals surface area contributed by atoms with Crippen molar-refractivity contribution in [3.63, 3.8) is 0 Å². The van der Waals surface area contributed by atoms with E-state index in [0.717, 1.165) is 5.69 Å². The fourth-order valence-electron chi connectivity index (χ4n) is 1.74. The summed E-state index contributed by atoms with van der Waals surface area (Å²) in [6.07, 6.45) is 1.60. The summed E-state index contributed by atoms with van der Waals surface area (Å²) in [7, 11) is 0. The number of carboxylic acids is 1. The van der Waals surface area contributed by atoms with Gasteiger partial charge in [0.05, 0.1) is 12.2 Å². The van der Waals surface area contributed by atoms with Crippen LogP contribution in [0.4, 0.5) is 11.6 Å². The summed E-state index contributed by atoms with van der Waals surface area (Å²) in [5.41, 5.74) is 1.67. The summed E-state index contributed by atoms with van der Waals surface area (Å²) >= 11 is 0. The molecule has 0 aliphatic heterocycles. The molecule has 2 rings (SSSR count). The predicted molar refractivity (Wildman–Crippen MR) is 74.6 cm³/mol. The molecule has 1 heterocycles. The Morgan fingerprint density at radius 3 is 2.85 bits per heavy atom. The molecule has 1 aromatic carbocycles. The quantitative estimate of drug-likeness (QED) is 0.871. The van der Waals surface area contributed by atoms with Crippen molar-refractivity contribution in [3.05, 3.63) is 41.6 Å². The van der Waals surface area contributed by atoms with Crippen molar-refractivity contribution in [1.29, 1.82) is 0 Å². The van der Waals surface area contributed by atoms with Crippen molar-refractivity contribution in [3.8, 4) is 5.88 Å². The standard InChI is InChI=1S/C14H15N3O3/c1-3-20-12-6-7-15-14(17-12)16-10-4-5-11(13(18)19)9(2)8-10/h4-8H,3H2,1-2H3,(H,18,19)(H,15,16,17). The number of carbonyl (C=O) groups is 1. The van der Waals surface area contributed by atoms with Crippen LogP contribution in [0.1, 0.15) is 22.8 Å². The van der Waals surface area contributed by atoms with Gasteiger partial charge < -0.3 is 15.2 Å². The van der Waals surface area contributed by atoms with Crippen molar-refractivity contribution in [2.45, 2.75) is 13.8 Å². The number of aryl methyl sites for hydroxylation is 1. The molecule has 6 heteroatoms. The number of rotatable bonds is 5. The number of carboxylic acid groups (broad SMARTS) is 1. The van der Waals surface area contributed by atoms with Crippen molar-refractivity contribution in [1.82, 2.24) is 9.97 Å². The molecule has 2 N–H and O–H groups in total. The molecule has 2 aromatic rings. The first-order valence-corrected chi connectivity index (χ1v) is 6.17. The maximum Gasteiger partial charge on any atom is 0.335 e. The summed E-state index contributed by atoms with van der Waals surface area (Å²) in [6.45, 7) is 4.15. The first-order valence-electron chi connectivity index (χ1n) is 6.17. The zero-order chi connectivity index (χ0) is 14.5. The number of aromatic carboxylic acids is 1. The molecule has 0 atom stereocenters. The molecule has 0 fully saturated rings. The summed E-state index contributed by atoms with van der Waals surface area (Å²) in [6, 6.07) is 6.63. The van der Waals surface area contributed by atoms with Crippen molar-refractivity contribution in [2.24, 2.45) is 0 Å². The van der Waals surface area contributed by atoms with Gasteiger partial charge in [-0.3, -0.25) is 0 Å². The van der Waals surface area contributed by atoms with Crippen molar-refractivity contribution in [2.75, 3.05) is 11.9 Å². The minimum Gasteiger partial charge on any atom is -0.478 e. The molecule has 0 bridgehead atoms.